The Bertz CT molecular complexity index is 662. The molecule has 130 valence electrons. The van der Waals surface area contributed by atoms with Crippen LogP contribution in [0.3, 0.4) is 0 Å². The second-order valence-corrected chi connectivity index (χ2v) is 7.90. The van der Waals surface area contributed by atoms with Crippen molar-refractivity contribution >= 4 is 27.8 Å². The van der Waals surface area contributed by atoms with Crippen LogP contribution >= 0.6 is 15.9 Å². The van der Waals surface area contributed by atoms with Gasteiger partial charge in [0, 0.05) is 19.0 Å². The summed E-state index contributed by atoms with van der Waals surface area (Å²) in [5, 5.41) is 9.41. The van der Waals surface area contributed by atoms with Crippen molar-refractivity contribution in [2.75, 3.05) is 13.1 Å². The molecule has 1 amide bonds. The molecule has 2 aliphatic rings. The highest BCUT2D eigenvalue weighted by atomic mass is 79.9. The number of amides is 1. The van der Waals surface area contributed by atoms with Gasteiger partial charge in [-0.3, -0.25) is 9.59 Å². The first kappa shape index (κ1) is 17.4. The Morgan fingerprint density at radius 2 is 2.08 bits per heavy atom. The normalized spacial score (nSPS) is 24.9. The van der Waals surface area contributed by atoms with Gasteiger partial charge in [0.2, 0.25) is 5.91 Å². The summed E-state index contributed by atoms with van der Waals surface area (Å²) in [6.07, 6.45) is 2.67. The van der Waals surface area contributed by atoms with Crippen molar-refractivity contribution in [1.82, 2.24) is 4.90 Å². The Balaban J connectivity index is 1.65. The van der Waals surface area contributed by atoms with Crippen LogP contribution in [-0.4, -0.2) is 35.0 Å². The lowest BCUT2D eigenvalue weighted by molar-refractivity contribution is -0.143. The van der Waals surface area contributed by atoms with Gasteiger partial charge in [0.05, 0.1) is 10.4 Å². The van der Waals surface area contributed by atoms with E-state index in [0.717, 1.165) is 18.4 Å². The molecule has 4 nitrogen and oxygen atoms in total. The second-order valence-electron chi connectivity index (χ2n) is 7.04. The Morgan fingerprint density at radius 3 is 2.67 bits per heavy atom. The van der Waals surface area contributed by atoms with Gasteiger partial charge in [0.25, 0.3) is 0 Å². The number of hydrogen-bond donors (Lipinski definition) is 1. The fourth-order valence-electron chi connectivity index (χ4n) is 3.69. The topological polar surface area (TPSA) is 57.6 Å². The summed E-state index contributed by atoms with van der Waals surface area (Å²) < 4.78 is 13.7. The molecule has 1 aliphatic heterocycles. The Morgan fingerprint density at radius 1 is 1.38 bits per heavy atom. The first-order chi connectivity index (χ1) is 11.4. The fraction of sp³-hybridized carbons (Fsp3) is 0.556. The van der Waals surface area contributed by atoms with Crippen LogP contribution in [0.4, 0.5) is 4.39 Å². The molecule has 1 saturated carbocycles. The molecular formula is C18H21BrFNO3. The summed E-state index contributed by atoms with van der Waals surface area (Å²) in [6.45, 7) is 2.71. The first-order valence-electron chi connectivity index (χ1n) is 8.32. The van der Waals surface area contributed by atoms with E-state index in [-0.39, 0.29) is 23.6 Å². The molecule has 1 aliphatic carbocycles. The maximum Gasteiger partial charge on any atom is 0.308 e. The number of carboxylic acid groups (broad SMARTS) is 1. The average Bonchev–Trinajstić information content (AvgIpc) is 3.28. The monoisotopic (exact) mass is 397 g/mol. The number of likely N-dealkylation sites (tertiary alicyclic amines) is 1. The van der Waals surface area contributed by atoms with Crippen LogP contribution in [0.2, 0.25) is 0 Å². The molecule has 1 aromatic rings. The molecule has 1 N–H and O–H groups in total. The van der Waals surface area contributed by atoms with Gasteiger partial charge in [-0.1, -0.05) is 13.0 Å². The molecule has 0 aromatic heterocycles. The molecular weight excluding hydrogens is 377 g/mol. The van der Waals surface area contributed by atoms with E-state index in [9.17, 15) is 19.1 Å². The molecule has 1 aromatic carbocycles. The summed E-state index contributed by atoms with van der Waals surface area (Å²) in [4.78, 5) is 25.9. The summed E-state index contributed by atoms with van der Waals surface area (Å²) in [5.74, 6) is -1.26. The van der Waals surface area contributed by atoms with E-state index in [1.54, 1.807) is 17.0 Å². The minimum atomic E-state index is -0.794. The van der Waals surface area contributed by atoms with Crippen LogP contribution in [-0.2, 0) is 16.0 Å². The van der Waals surface area contributed by atoms with Gasteiger partial charge in [0.15, 0.2) is 0 Å². The van der Waals surface area contributed by atoms with E-state index < -0.39 is 11.9 Å². The predicted octanol–water partition coefficient (Wildman–Crippen LogP) is 3.34. The third kappa shape index (κ3) is 3.63. The van der Waals surface area contributed by atoms with Crippen molar-refractivity contribution in [3.05, 3.63) is 34.1 Å². The molecule has 1 heterocycles. The molecule has 3 rings (SSSR count). The van der Waals surface area contributed by atoms with Gasteiger partial charge in [0.1, 0.15) is 5.82 Å². The number of aliphatic carboxylic acids is 1. The maximum absolute atomic E-state index is 13.3. The van der Waals surface area contributed by atoms with Gasteiger partial charge in [-0.25, -0.2) is 4.39 Å². The zero-order valence-corrected chi connectivity index (χ0v) is 15.1. The largest absolute Gasteiger partial charge is 0.481 e. The lowest BCUT2D eigenvalue weighted by atomic mass is 9.92. The fourth-order valence-corrected chi connectivity index (χ4v) is 4.12. The third-order valence-electron chi connectivity index (χ3n) is 5.17. The van der Waals surface area contributed by atoms with E-state index in [1.165, 1.54) is 6.07 Å². The summed E-state index contributed by atoms with van der Waals surface area (Å²) in [7, 11) is 0. The summed E-state index contributed by atoms with van der Waals surface area (Å²) >= 11 is 3.16. The number of nitrogens with zero attached hydrogens (tertiary/aromatic N) is 1. The number of carbonyl (C=O) groups is 2. The highest BCUT2D eigenvalue weighted by Gasteiger charge is 2.47. The SMILES string of the molecule is CC(Cc1ccc(F)c(Br)c1)C(=O)N1C[C@H](C(=O)O)[C@@H](C2CC2)C1. The molecule has 3 atom stereocenters. The van der Waals surface area contributed by atoms with Crippen molar-refractivity contribution in [3.8, 4) is 0 Å². The molecule has 1 unspecified atom stereocenters. The van der Waals surface area contributed by atoms with Crippen molar-refractivity contribution < 1.29 is 19.1 Å². The minimum Gasteiger partial charge on any atom is -0.481 e. The molecule has 0 bridgehead atoms. The van der Waals surface area contributed by atoms with E-state index in [0.29, 0.717) is 29.9 Å². The van der Waals surface area contributed by atoms with E-state index in [2.05, 4.69) is 15.9 Å². The second kappa shape index (κ2) is 6.82. The van der Waals surface area contributed by atoms with Gasteiger partial charge in [-0.05, 0) is 64.7 Å². The van der Waals surface area contributed by atoms with Crippen LogP contribution < -0.4 is 0 Å². The molecule has 2 fully saturated rings. The zero-order valence-electron chi connectivity index (χ0n) is 13.5. The lowest BCUT2D eigenvalue weighted by Crippen LogP contribution is -2.35. The highest BCUT2D eigenvalue weighted by Crippen LogP contribution is 2.44. The highest BCUT2D eigenvalue weighted by molar-refractivity contribution is 9.10. The van der Waals surface area contributed by atoms with Gasteiger partial charge in [-0.2, -0.15) is 0 Å². The van der Waals surface area contributed by atoms with E-state index >= 15 is 0 Å². The van der Waals surface area contributed by atoms with Crippen molar-refractivity contribution in [2.24, 2.45) is 23.7 Å². The van der Waals surface area contributed by atoms with Crippen LogP contribution in [0.25, 0.3) is 0 Å². The van der Waals surface area contributed by atoms with E-state index in [4.69, 9.17) is 0 Å². The van der Waals surface area contributed by atoms with Crippen molar-refractivity contribution in [1.29, 1.82) is 0 Å². The van der Waals surface area contributed by atoms with Crippen molar-refractivity contribution in [2.45, 2.75) is 26.2 Å². The zero-order chi connectivity index (χ0) is 17.4. The number of hydrogen-bond acceptors (Lipinski definition) is 2. The van der Waals surface area contributed by atoms with Crippen LogP contribution in [0.15, 0.2) is 22.7 Å². The molecule has 6 heteroatoms. The number of benzene rings is 1. The van der Waals surface area contributed by atoms with Crippen molar-refractivity contribution in [3.63, 3.8) is 0 Å². The number of rotatable bonds is 5. The summed E-state index contributed by atoms with van der Waals surface area (Å²) in [5.41, 5.74) is 0.886. The van der Waals surface area contributed by atoms with Gasteiger partial charge >= 0.3 is 5.97 Å². The first-order valence-corrected chi connectivity index (χ1v) is 9.11. The number of carboxylic acids is 1. The smallest absolute Gasteiger partial charge is 0.308 e. The Kier molecular flexibility index (Phi) is 4.95. The van der Waals surface area contributed by atoms with Crippen LogP contribution in [0.5, 0.6) is 0 Å². The Labute approximate surface area is 149 Å². The molecule has 0 spiro atoms. The molecule has 24 heavy (non-hydrogen) atoms. The average molecular weight is 398 g/mol. The van der Waals surface area contributed by atoms with E-state index in [1.807, 2.05) is 6.92 Å². The van der Waals surface area contributed by atoms with Crippen LogP contribution in [0.1, 0.15) is 25.3 Å². The van der Waals surface area contributed by atoms with Gasteiger partial charge < -0.3 is 10.0 Å². The van der Waals surface area contributed by atoms with Gasteiger partial charge in [-0.15, -0.1) is 0 Å². The lowest BCUT2D eigenvalue weighted by Gasteiger charge is -2.21. The Hall–Kier alpha value is -1.43. The standard InChI is InChI=1S/C18H21BrFNO3/c1-10(6-11-2-5-16(20)15(19)7-11)17(22)21-8-13(12-3-4-12)14(9-21)18(23)24/h2,5,7,10,12-14H,3-4,6,8-9H2,1H3,(H,23,24)/t10?,13-,14+/m1/s1. The molecule has 0 radical (unpaired) electrons. The third-order valence-corrected chi connectivity index (χ3v) is 5.78. The summed E-state index contributed by atoms with van der Waals surface area (Å²) in [6, 6.07) is 4.76. The minimum absolute atomic E-state index is 0.00940. The van der Waals surface area contributed by atoms with Crippen LogP contribution in [0, 0.1) is 29.5 Å². The predicted molar refractivity (Wildman–Crippen MR) is 90.9 cm³/mol. The quantitative estimate of drug-likeness (QED) is 0.828. The number of carbonyl (C=O) groups excluding carboxylic acids is 1. The molecule has 1 saturated heterocycles. The number of halogens is 2. The maximum atomic E-state index is 13.3.